The van der Waals surface area contributed by atoms with Crippen molar-refractivity contribution in [3.63, 3.8) is 0 Å². The van der Waals surface area contributed by atoms with Crippen molar-refractivity contribution in [1.82, 2.24) is 0 Å². The zero-order valence-corrected chi connectivity index (χ0v) is 9.97. The van der Waals surface area contributed by atoms with E-state index in [0.717, 1.165) is 10.5 Å². The second-order valence-corrected chi connectivity index (χ2v) is 6.63. The van der Waals surface area contributed by atoms with Crippen molar-refractivity contribution in [2.75, 3.05) is 0 Å². The van der Waals surface area contributed by atoms with E-state index < -0.39 is 9.04 Å². The highest BCUT2D eigenvalue weighted by atomic mass is 28.3. The molecule has 9 heavy (non-hydrogen) atoms. The molecule has 1 nitrogen and oxygen atoms in total. The van der Waals surface area contributed by atoms with Crippen LogP contribution in [0.25, 0.3) is 0 Å². The van der Waals surface area contributed by atoms with Gasteiger partial charge >= 0.3 is 0 Å². The molecule has 56 valence electrons. The summed E-state index contributed by atoms with van der Waals surface area (Å²) < 4.78 is 5.37. The maximum atomic E-state index is 5.37. The average molecular weight is 162 g/mol. The third-order valence-electron chi connectivity index (χ3n) is 1.62. The van der Waals surface area contributed by atoms with E-state index in [1.807, 2.05) is 0 Å². The van der Waals surface area contributed by atoms with E-state index in [4.69, 9.17) is 4.12 Å². The first kappa shape index (κ1) is 9.39. The second kappa shape index (κ2) is 6.51. The Kier molecular flexibility index (Phi) is 6.80. The molecular formula is C6H18OSi2. The molecule has 0 bridgehead atoms. The van der Waals surface area contributed by atoms with Gasteiger partial charge in [-0.1, -0.05) is 26.2 Å². The zero-order valence-electron chi connectivity index (χ0n) is 6.81. The van der Waals surface area contributed by atoms with Crippen LogP contribution in [0.1, 0.15) is 26.2 Å². The van der Waals surface area contributed by atoms with Crippen LogP contribution in [0, 0.1) is 0 Å². The van der Waals surface area contributed by atoms with Crippen molar-refractivity contribution in [2.24, 2.45) is 0 Å². The monoisotopic (exact) mass is 162 g/mol. The second-order valence-electron chi connectivity index (χ2n) is 2.54. The Balaban J connectivity index is 2.88. The minimum absolute atomic E-state index is 0.651. The van der Waals surface area contributed by atoms with Crippen molar-refractivity contribution in [1.29, 1.82) is 0 Å². The normalized spacial score (nSPS) is 14.0. The predicted octanol–water partition coefficient (Wildman–Crippen LogP) is 0.827. The molecule has 0 saturated heterocycles. The number of rotatable bonds is 5. The highest BCUT2D eigenvalue weighted by molar-refractivity contribution is 6.54. The summed E-state index contributed by atoms with van der Waals surface area (Å²) in [6, 6.07) is 1.39. The molecule has 0 spiro atoms. The predicted molar refractivity (Wildman–Crippen MR) is 48.4 cm³/mol. The van der Waals surface area contributed by atoms with Crippen molar-refractivity contribution in [2.45, 2.75) is 38.8 Å². The van der Waals surface area contributed by atoms with Gasteiger partial charge in [0.15, 0.2) is 9.04 Å². The fourth-order valence-electron chi connectivity index (χ4n) is 0.800. The summed E-state index contributed by atoms with van der Waals surface area (Å²) in [6.45, 7) is 4.54. The topological polar surface area (TPSA) is 9.23 Å². The third kappa shape index (κ3) is 6.28. The Hall–Kier alpha value is 0.394. The van der Waals surface area contributed by atoms with E-state index in [1.54, 1.807) is 0 Å². The van der Waals surface area contributed by atoms with Gasteiger partial charge in [0.2, 0.25) is 0 Å². The Bertz CT molecular complexity index is 59.0. The van der Waals surface area contributed by atoms with Crippen LogP contribution in [0.2, 0.25) is 12.6 Å². The summed E-state index contributed by atoms with van der Waals surface area (Å²) in [4.78, 5) is 0. The maximum Gasteiger partial charge on any atom is 0.159 e. The minimum Gasteiger partial charge on any atom is -0.466 e. The molecule has 0 aliphatic rings. The molecule has 0 heterocycles. The van der Waals surface area contributed by atoms with E-state index >= 15 is 0 Å². The van der Waals surface area contributed by atoms with Crippen molar-refractivity contribution in [3.8, 4) is 0 Å². The number of unbranched alkanes of at least 4 members (excludes halogenated alkanes) is 2. The Labute approximate surface area is 63.1 Å². The summed E-state index contributed by atoms with van der Waals surface area (Å²) in [5, 5.41) is 0. The van der Waals surface area contributed by atoms with Gasteiger partial charge in [0.05, 0.1) is 0 Å². The fourth-order valence-corrected chi connectivity index (χ4v) is 2.61. The first-order chi connectivity index (χ1) is 4.31. The maximum absolute atomic E-state index is 5.37. The van der Waals surface area contributed by atoms with Gasteiger partial charge in [-0.25, -0.2) is 0 Å². The molecule has 0 aromatic rings. The van der Waals surface area contributed by atoms with Gasteiger partial charge in [-0.05, 0) is 12.6 Å². The summed E-state index contributed by atoms with van der Waals surface area (Å²) >= 11 is 0. The number of hydrogen-bond donors (Lipinski definition) is 0. The quantitative estimate of drug-likeness (QED) is 0.430. The SMILES string of the molecule is CCCCC[SiH](C)O[SiH3]. The van der Waals surface area contributed by atoms with Gasteiger partial charge < -0.3 is 4.12 Å². The highest BCUT2D eigenvalue weighted by Crippen LogP contribution is 2.03. The molecule has 0 fully saturated rings. The van der Waals surface area contributed by atoms with Crippen LogP contribution in [0.3, 0.4) is 0 Å². The minimum atomic E-state index is -0.651. The van der Waals surface area contributed by atoms with E-state index in [9.17, 15) is 0 Å². The smallest absolute Gasteiger partial charge is 0.159 e. The number of hydrogen-bond acceptors (Lipinski definition) is 1. The van der Waals surface area contributed by atoms with Crippen LogP contribution in [0.15, 0.2) is 0 Å². The Morgan fingerprint density at radius 3 is 2.56 bits per heavy atom. The first-order valence-corrected chi connectivity index (χ1v) is 7.10. The first-order valence-electron chi connectivity index (χ1n) is 3.84. The summed E-state index contributed by atoms with van der Waals surface area (Å²) in [6.07, 6.45) is 4.12. The molecule has 0 N–H and O–H groups in total. The molecule has 0 radical (unpaired) electrons. The molecule has 0 aromatic heterocycles. The van der Waals surface area contributed by atoms with Gasteiger partial charge in [0, 0.05) is 0 Å². The van der Waals surface area contributed by atoms with Crippen LogP contribution in [-0.4, -0.2) is 19.5 Å². The van der Waals surface area contributed by atoms with E-state index in [0.29, 0.717) is 0 Å². The molecular weight excluding hydrogens is 144 g/mol. The van der Waals surface area contributed by atoms with Gasteiger partial charge in [-0.15, -0.1) is 0 Å². The van der Waals surface area contributed by atoms with Crippen LogP contribution in [0.4, 0.5) is 0 Å². The molecule has 3 heteroatoms. The average Bonchev–Trinajstić information content (AvgIpc) is 1.89. The van der Waals surface area contributed by atoms with Crippen LogP contribution < -0.4 is 0 Å². The lowest BCUT2D eigenvalue weighted by Gasteiger charge is -2.05. The standard InChI is InChI=1S/C6H18OSi2/c1-3-4-5-6-9(2)7-8/h9H,3-6H2,1-2,8H3. The highest BCUT2D eigenvalue weighted by Gasteiger charge is 1.98. The van der Waals surface area contributed by atoms with Crippen molar-refractivity contribution >= 4 is 19.5 Å². The third-order valence-corrected chi connectivity index (χ3v) is 6.06. The molecule has 0 aliphatic heterocycles. The lowest BCUT2D eigenvalue weighted by molar-refractivity contribution is 0.622. The van der Waals surface area contributed by atoms with Crippen LogP contribution in [-0.2, 0) is 4.12 Å². The molecule has 0 rings (SSSR count). The molecule has 0 amide bonds. The Morgan fingerprint density at radius 1 is 1.44 bits per heavy atom. The fraction of sp³-hybridized carbons (Fsp3) is 1.00. The molecule has 0 aliphatic carbocycles. The lowest BCUT2D eigenvalue weighted by atomic mass is 10.3. The van der Waals surface area contributed by atoms with E-state index in [1.165, 1.54) is 25.3 Å². The summed E-state index contributed by atoms with van der Waals surface area (Å²) in [5.74, 6) is 0. The van der Waals surface area contributed by atoms with E-state index in [-0.39, 0.29) is 0 Å². The lowest BCUT2D eigenvalue weighted by Crippen LogP contribution is -2.09. The molecule has 1 unspecified atom stereocenters. The summed E-state index contributed by atoms with van der Waals surface area (Å²) in [5.41, 5.74) is 0. The molecule has 0 saturated carbocycles. The van der Waals surface area contributed by atoms with Crippen molar-refractivity contribution in [3.05, 3.63) is 0 Å². The molecule has 0 aromatic carbocycles. The van der Waals surface area contributed by atoms with Gasteiger partial charge in [0.1, 0.15) is 10.5 Å². The van der Waals surface area contributed by atoms with Gasteiger partial charge in [-0.3, -0.25) is 0 Å². The van der Waals surface area contributed by atoms with Crippen LogP contribution >= 0.6 is 0 Å². The van der Waals surface area contributed by atoms with Crippen LogP contribution in [0.5, 0.6) is 0 Å². The largest absolute Gasteiger partial charge is 0.466 e. The van der Waals surface area contributed by atoms with Gasteiger partial charge in [0.25, 0.3) is 0 Å². The summed E-state index contributed by atoms with van der Waals surface area (Å²) in [7, 11) is 0.302. The zero-order chi connectivity index (χ0) is 7.11. The van der Waals surface area contributed by atoms with Gasteiger partial charge in [-0.2, -0.15) is 0 Å². The molecule has 1 atom stereocenters. The van der Waals surface area contributed by atoms with E-state index in [2.05, 4.69) is 13.5 Å². The van der Waals surface area contributed by atoms with Crippen molar-refractivity contribution < 1.29 is 4.12 Å². The Morgan fingerprint density at radius 2 is 2.11 bits per heavy atom.